The van der Waals surface area contributed by atoms with Crippen LogP contribution >= 0.6 is 15.9 Å². The molecule has 0 spiro atoms. The van der Waals surface area contributed by atoms with Crippen LogP contribution in [0.2, 0.25) is 0 Å². The smallest absolute Gasteiger partial charge is 0.373 e. The lowest BCUT2D eigenvalue weighted by Crippen LogP contribution is -2.16. The van der Waals surface area contributed by atoms with Crippen LogP contribution in [0.4, 0.5) is 11.5 Å². The van der Waals surface area contributed by atoms with E-state index < -0.39 is 4.92 Å². The van der Waals surface area contributed by atoms with Crippen molar-refractivity contribution >= 4 is 38.3 Å². The Kier molecular flexibility index (Phi) is 5.27. The van der Waals surface area contributed by atoms with Gasteiger partial charge < -0.3 is 10.1 Å². The maximum atomic E-state index is 11.6. The Morgan fingerprint density at radius 3 is 2.85 bits per heavy atom. The molecule has 0 fully saturated rings. The van der Waals surface area contributed by atoms with E-state index in [1.165, 1.54) is 6.33 Å². The summed E-state index contributed by atoms with van der Waals surface area (Å²) < 4.78 is 6.63. The van der Waals surface area contributed by atoms with Crippen molar-refractivity contribution in [1.29, 1.82) is 0 Å². The van der Waals surface area contributed by atoms with Gasteiger partial charge in [0.1, 0.15) is 11.8 Å². The number of fused-ring (bicyclic) bond motifs is 1. The highest BCUT2D eigenvalue weighted by atomic mass is 79.9. The Bertz CT molecular complexity index is 966. The van der Waals surface area contributed by atoms with E-state index in [0.717, 1.165) is 16.3 Å². The first kappa shape index (κ1) is 18.0. The van der Waals surface area contributed by atoms with Crippen LogP contribution in [-0.2, 0) is 0 Å². The third-order valence-electron chi connectivity index (χ3n) is 3.85. The largest absolute Gasteiger partial charge is 0.431 e. The standard InChI is InChI=1S/C17H16BrN5O3/c1-3-10(2)22-16-15(23(24)25)17(21-9-20-16)26-13-7-6-12(18)11-5-4-8-19-14(11)13/h4-10H,3H2,1-2H3,(H,20,21,22). The van der Waals surface area contributed by atoms with Crippen molar-refractivity contribution in [2.45, 2.75) is 26.3 Å². The van der Waals surface area contributed by atoms with Crippen molar-refractivity contribution in [2.24, 2.45) is 0 Å². The Hall–Kier alpha value is -2.81. The molecule has 0 aliphatic heterocycles. The topological polar surface area (TPSA) is 103 Å². The van der Waals surface area contributed by atoms with E-state index in [4.69, 9.17) is 4.74 Å². The quantitative estimate of drug-likeness (QED) is 0.457. The summed E-state index contributed by atoms with van der Waals surface area (Å²) in [6.45, 7) is 3.89. The van der Waals surface area contributed by atoms with Gasteiger partial charge in [0.25, 0.3) is 0 Å². The molecule has 0 bridgehead atoms. The predicted octanol–water partition coefficient (Wildman–Crippen LogP) is 4.70. The van der Waals surface area contributed by atoms with Crippen LogP contribution in [0.25, 0.3) is 10.9 Å². The SMILES string of the molecule is CCC(C)Nc1ncnc(Oc2ccc(Br)c3cccnc23)c1[N+](=O)[O-]. The first-order valence-electron chi connectivity index (χ1n) is 7.98. The molecule has 9 heteroatoms. The van der Waals surface area contributed by atoms with Crippen molar-refractivity contribution in [3.63, 3.8) is 0 Å². The van der Waals surface area contributed by atoms with Gasteiger partial charge in [0.15, 0.2) is 5.75 Å². The average Bonchev–Trinajstić information content (AvgIpc) is 2.64. The van der Waals surface area contributed by atoms with Crippen LogP contribution in [0.15, 0.2) is 41.3 Å². The number of pyridine rings is 1. The van der Waals surface area contributed by atoms with Gasteiger partial charge in [-0.15, -0.1) is 0 Å². The van der Waals surface area contributed by atoms with Gasteiger partial charge in [-0.2, -0.15) is 4.98 Å². The number of aromatic nitrogens is 3. The molecule has 0 aliphatic rings. The molecule has 3 aromatic rings. The lowest BCUT2D eigenvalue weighted by Gasteiger charge is -2.13. The lowest BCUT2D eigenvalue weighted by atomic mass is 10.2. The zero-order valence-electron chi connectivity index (χ0n) is 14.1. The van der Waals surface area contributed by atoms with Gasteiger partial charge in [-0.05, 0) is 31.5 Å². The van der Waals surface area contributed by atoms with Crippen molar-refractivity contribution in [3.05, 3.63) is 51.4 Å². The normalized spacial score (nSPS) is 12.0. The number of nitrogens with zero attached hydrogens (tertiary/aromatic N) is 4. The van der Waals surface area contributed by atoms with Crippen molar-refractivity contribution in [3.8, 4) is 11.6 Å². The Balaban J connectivity index is 2.07. The van der Waals surface area contributed by atoms with Crippen LogP contribution in [0, 0.1) is 10.1 Å². The highest BCUT2D eigenvalue weighted by molar-refractivity contribution is 9.10. The summed E-state index contributed by atoms with van der Waals surface area (Å²) in [5.41, 5.74) is 0.269. The minimum atomic E-state index is -0.547. The van der Waals surface area contributed by atoms with E-state index in [1.54, 1.807) is 24.4 Å². The third-order valence-corrected chi connectivity index (χ3v) is 4.54. The summed E-state index contributed by atoms with van der Waals surface area (Å²) in [6.07, 6.45) is 3.66. The second-order valence-corrected chi connectivity index (χ2v) is 6.49. The van der Waals surface area contributed by atoms with E-state index >= 15 is 0 Å². The minimum absolute atomic E-state index is 0.0200. The number of ether oxygens (including phenoxy) is 1. The Labute approximate surface area is 157 Å². The van der Waals surface area contributed by atoms with Crippen molar-refractivity contribution in [1.82, 2.24) is 15.0 Å². The number of benzene rings is 1. The molecule has 0 saturated carbocycles. The maximum absolute atomic E-state index is 11.6. The number of nitro groups is 1. The van der Waals surface area contributed by atoms with Crippen LogP contribution in [0.3, 0.4) is 0 Å². The monoisotopic (exact) mass is 417 g/mol. The second kappa shape index (κ2) is 7.61. The average molecular weight is 418 g/mol. The molecule has 0 amide bonds. The first-order valence-corrected chi connectivity index (χ1v) is 8.77. The molecule has 0 radical (unpaired) electrons. The van der Waals surface area contributed by atoms with E-state index in [1.807, 2.05) is 19.9 Å². The first-order chi connectivity index (χ1) is 12.5. The molecule has 1 N–H and O–H groups in total. The molecular formula is C17H16BrN5O3. The fraction of sp³-hybridized carbons (Fsp3) is 0.235. The molecule has 0 aliphatic carbocycles. The summed E-state index contributed by atoms with van der Waals surface area (Å²) in [5, 5.41) is 15.5. The molecule has 0 saturated heterocycles. The van der Waals surface area contributed by atoms with E-state index in [-0.39, 0.29) is 23.4 Å². The fourth-order valence-electron chi connectivity index (χ4n) is 2.34. The molecule has 1 aromatic carbocycles. The number of rotatable bonds is 6. The van der Waals surface area contributed by atoms with E-state index in [2.05, 4.69) is 36.2 Å². The van der Waals surface area contributed by atoms with Gasteiger partial charge in [-0.1, -0.05) is 28.9 Å². The third kappa shape index (κ3) is 3.57. The van der Waals surface area contributed by atoms with Crippen LogP contribution < -0.4 is 10.1 Å². The molecule has 3 rings (SSSR count). The highest BCUT2D eigenvalue weighted by Gasteiger charge is 2.26. The van der Waals surface area contributed by atoms with Crippen molar-refractivity contribution < 1.29 is 9.66 Å². The number of halogens is 1. The van der Waals surface area contributed by atoms with Gasteiger partial charge in [0, 0.05) is 22.1 Å². The minimum Gasteiger partial charge on any atom is -0.431 e. The van der Waals surface area contributed by atoms with E-state index in [0.29, 0.717) is 11.3 Å². The summed E-state index contributed by atoms with van der Waals surface area (Å²) >= 11 is 3.46. The molecule has 26 heavy (non-hydrogen) atoms. The molecule has 8 nitrogen and oxygen atoms in total. The number of hydrogen-bond donors (Lipinski definition) is 1. The number of anilines is 1. The van der Waals surface area contributed by atoms with Gasteiger partial charge >= 0.3 is 11.6 Å². The molecular weight excluding hydrogens is 402 g/mol. The Morgan fingerprint density at radius 2 is 2.12 bits per heavy atom. The van der Waals surface area contributed by atoms with Gasteiger partial charge in [-0.25, -0.2) is 4.98 Å². The van der Waals surface area contributed by atoms with Gasteiger partial charge in [0.2, 0.25) is 5.82 Å². The number of nitrogens with one attached hydrogen (secondary N) is 1. The second-order valence-electron chi connectivity index (χ2n) is 5.63. The molecule has 2 heterocycles. The van der Waals surface area contributed by atoms with Crippen LogP contribution in [0.1, 0.15) is 20.3 Å². The molecule has 1 atom stereocenters. The van der Waals surface area contributed by atoms with Gasteiger partial charge in [-0.3, -0.25) is 15.1 Å². The zero-order valence-corrected chi connectivity index (χ0v) is 15.7. The lowest BCUT2D eigenvalue weighted by molar-refractivity contribution is -0.385. The summed E-state index contributed by atoms with van der Waals surface area (Å²) in [7, 11) is 0. The van der Waals surface area contributed by atoms with Crippen molar-refractivity contribution in [2.75, 3.05) is 5.32 Å². The summed E-state index contributed by atoms with van der Waals surface area (Å²) in [5.74, 6) is 0.369. The van der Waals surface area contributed by atoms with Crippen LogP contribution in [-0.4, -0.2) is 25.9 Å². The number of hydrogen-bond acceptors (Lipinski definition) is 7. The zero-order chi connectivity index (χ0) is 18.7. The summed E-state index contributed by atoms with van der Waals surface area (Å²) in [4.78, 5) is 23.3. The van der Waals surface area contributed by atoms with Crippen LogP contribution in [0.5, 0.6) is 11.6 Å². The maximum Gasteiger partial charge on any atom is 0.373 e. The van der Waals surface area contributed by atoms with E-state index in [9.17, 15) is 10.1 Å². The predicted molar refractivity (Wildman–Crippen MR) is 102 cm³/mol. The fourth-order valence-corrected chi connectivity index (χ4v) is 2.79. The highest BCUT2D eigenvalue weighted by Crippen LogP contribution is 2.37. The molecule has 1 unspecified atom stereocenters. The Morgan fingerprint density at radius 1 is 1.31 bits per heavy atom. The van der Waals surface area contributed by atoms with Gasteiger partial charge in [0.05, 0.1) is 4.92 Å². The molecule has 2 aromatic heterocycles. The molecule has 134 valence electrons. The summed E-state index contributed by atoms with van der Waals surface area (Å²) in [6, 6.07) is 7.19.